The molecule has 0 aromatic heterocycles. The van der Waals surface area contributed by atoms with Crippen molar-refractivity contribution in [2.75, 3.05) is 13.6 Å². The SMILES string of the molecule is C[NH+]1N[C@@]2(O)C(=O)N(C3CCCCC3)C[C@H]2[C@@H]1c1ccc(Cl)cc1. The van der Waals surface area contributed by atoms with Gasteiger partial charge in [-0.05, 0) is 25.0 Å². The number of benzene rings is 1. The summed E-state index contributed by atoms with van der Waals surface area (Å²) in [5.74, 6) is -0.289. The van der Waals surface area contributed by atoms with Crippen LogP contribution >= 0.6 is 11.6 Å². The molecule has 1 aromatic carbocycles. The number of aliphatic hydroxyl groups is 1. The van der Waals surface area contributed by atoms with Crippen LogP contribution in [0.3, 0.4) is 0 Å². The van der Waals surface area contributed by atoms with Gasteiger partial charge < -0.3 is 10.0 Å². The van der Waals surface area contributed by atoms with E-state index in [1.54, 1.807) is 0 Å². The van der Waals surface area contributed by atoms with E-state index in [-0.39, 0.29) is 23.9 Å². The van der Waals surface area contributed by atoms with Crippen molar-refractivity contribution in [3.8, 4) is 0 Å². The van der Waals surface area contributed by atoms with Crippen LogP contribution in [0.2, 0.25) is 5.02 Å². The predicted molar refractivity (Wildman–Crippen MR) is 91.2 cm³/mol. The monoisotopic (exact) mass is 350 g/mol. The fourth-order valence-electron chi connectivity index (χ4n) is 4.84. The second-order valence-corrected chi connectivity index (χ2v) is 7.90. The van der Waals surface area contributed by atoms with Crippen molar-refractivity contribution in [2.24, 2.45) is 5.92 Å². The maximum Gasteiger partial charge on any atom is 0.275 e. The van der Waals surface area contributed by atoms with E-state index in [1.807, 2.05) is 36.2 Å². The van der Waals surface area contributed by atoms with Gasteiger partial charge in [0.1, 0.15) is 6.04 Å². The quantitative estimate of drug-likeness (QED) is 0.742. The Labute approximate surface area is 147 Å². The molecule has 1 amide bonds. The Morgan fingerprint density at radius 3 is 2.58 bits per heavy atom. The Bertz CT molecular complexity index is 632. The first-order valence-corrected chi connectivity index (χ1v) is 9.29. The zero-order chi connectivity index (χ0) is 16.9. The fraction of sp³-hybridized carbons (Fsp3) is 0.611. The highest BCUT2D eigenvalue weighted by molar-refractivity contribution is 6.30. The van der Waals surface area contributed by atoms with E-state index in [0.29, 0.717) is 11.6 Å². The van der Waals surface area contributed by atoms with Gasteiger partial charge >= 0.3 is 0 Å². The highest BCUT2D eigenvalue weighted by Crippen LogP contribution is 2.40. The lowest BCUT2D eigenvalue weighted by Crippen LogP contribution is -3.15. The molecular formula is C18H25ClN3O2+. The molecule has 130 valence electrons. The molecule has 2 heterocycles. The largest absolute Gasteiger partial charge is 0.363 e. The van der Waals surface area contributed by atoms with E-state index >= 15 is 0 Å². The summed E-state index contributed by atoms with van der Waals surface area (Å²) in [6.45, 7) is 0.623. The van der Waals surface area contributed by atoms with Crippen LogP contribution in [0.4, 0.5) is 0 Å². The molecule has 1 unspecified atom stereocenters. The average Bonchev–Trinajstić information content (AvgIpc) is 2.98. The highest BCUT2D eigenvalue weighted by atomic mass is 35.5. The van der Waals surface area contributed by atoms with E-state index in [9.17, 15) is 9.90 Å². The maximum absolute atomic E-state index is 13.0. The standard InChI is InChI=1S/C18H24ClN3O2/c1-21-16(12-7-9-13(19)10-8-12)15-11-22(14-5-3-2-4-6-14)17(23)18(15,24)20-21/h7-10,14-16,20,24H,2-6,11H2,1H3/p+1/t15-,16-,18-/m0/s1. The van der Waals surface area contributed by atoms with Crippen LogP contribution in [-0.2, 0) is 4.79 Å². The van der Waals surface area contributed by atoms with Crippen molar-refractivity contribution in [1.82, 2.24) is 10.3 Å². The third-order valence-corrected chi connectivity index (χ3v) is 6.27. The number of fused-ring (bicyclic) bond motifs is 1. The normalized spacial score (nSPS) is 37.0. The van der Waals surface area contributed by atoms with Crippen LogP contribution < -0.4 is 10.4 Å². The molecule has 2 aliphatic heterocycles. The van der Waals surface area contributed by atoms with Gasteiger partial charge in [0.25, 0.3) is 11.6 Å². The first-order valence-electron chi connectivity index (χ1n) is 8.91. The third kappa shape index (κ3) is 2.46. The fourth-order valence-corrected chi connectivity index (χ4v) is 4.96. The zero-order valence-corrected chi connectivity index (χ0v) is 14.7. The molecule has 1 aliphatic carbocycles. The molecule has 0 bridgehead atoms. The van der Waals surface area contributed by atoms with Gasteiger partial charge in [-0.2, -0.15) is 0 Å². The summed E-state index contributed by atoms with van der Waals surface area (Å²) in [5, 5.41) is 12.8. The van der Waals surface area contributed by atoms with E-state index in [0.717, 1.165) is 23.4 Å². The van der Waals surface area contributed by atoms with Gasteiger partial charge in [0.05, 0.1) is 13.0 Å². The molecule has 4 atom stereocenters. The third-order valence-electron chi connectivity index (χ3n) is 6.02. The summed E-state index contributed by atoms with van der Waals surface area (Å²) < 4.78 is 0. The summed E-state index contributed by atoms with van der Waals surface area (Å²) in [7, 11) is 1.97. The molecular weight excluding hydrogens is 326 g/mol. The van der Waals surface area contributed by atoms with Gasteiger partial charge in [-0.3, -0.25) is 4.79 Å². The van der Waals surface area contributed by atoms with Gasteiger partial charge in [0.15, 0.2) is 0 Å². The first-order chi connectivity index (χ1) is 11.5. The molecule has 5 nitrogen and oxygen atoms in total. The Balaban J connectivity index is 1.63. The summed E-state index contributed by atoms with van der Waals surface area (Å²) in [6, 6.07) is 8.06. The van der Waals surface area contributed by atoms with Gasteiger partial charge in [-0.15, -0.1) is 5.43 Å². The highest BCUT2D eigenvalue weighted by Gasteiger charge is 2.66. The number of halogens is 1. The molecule has 3 aliphatic rings. The van der Waals surface area contributed by atoms with Crippen LogP contribution in [0, 0.1) is 5.92 Å². The number of hydrogen-bond acceptors (Lipinski definition) is 3. The lowest BCUT2D eigenvalue weighted by molar-refractivity contribution is -0.948. The molecule has 3 fully saturated rings. The number of amides is 1. The minimum Gasteiger partial charge on any atom is -0.363 e. The first kappa shape index (κ1) is 16.3. The smallest absolute Gasteiger partial charge is 0.275 e. The zero-order valence-electron chi connectivity index (χ0n) is 14.0. The van der Waals surface area contributed by atoms with Gasteiger partial charge in [0.2, 0.25) is 0 Å². The number of nitrogens with zero attached hydrogens (tertiary/aromatic N) is 1. The summed E-state index contributed by atoms with van der Waals surface area (Å²) in [5.41, 5.74) is 2.77. The number of carbonyl (C=O) groups is 1. The van der Waals surface area contributed by atoms with Crippen molar-refractivity contribution < 1.29 is 14.9 Å². The van der Waals surface area contributed by atoms with Crippen molar-refractivity contribution in [3.63, 3.8) is 0 Å². The van der Waals surface area contributed by atoms with Crippen molar-refractivity contribution in [2.45, 2.75) is 49.9 Å². The molecule has 0 spiro atoms. The number of carbonyl (C=O) groups excluding carboxylic acids is 1. The molecule has 1 saturated carbocycles. The molecule has 0 radical (unpaired) electrons. The number of nitrogens with one attached hydrogen (secondary N) is 2. The minimum absolute atomic E-state index is 0.0322. The molecule has 6 heteroatoms. The van der Waals surface area contributed by atoms with Crippen LogP contribution in [-0.4, -0.2) is 41.3 Å². The minimum atomic E-state index is -1.45. The molecule has 24 heavy (non-hydrogen) atoms. The van der Waals surface area contributed by atoms with Gasteiger partial charge in [0, 0.05) is 23.2 Å². The molecule has 3 N–H and O–H groups in total. The van der Waals surface area contributed by atoms with Gasteiger partial charge in [-0.25, -0.2) is 5.01 Å². The lowest BCUT2D eigenvalue weighted by atomic mass is 9.89. The van der Waals surface area contributed by atoms with Crippen LogP contribution in [0.5, 0.6) is 0 Å². The lowest BCUT2D eigenvalue weighted by Gasteiger charge is -2.33. The summed E-state index contributed by atoms with van der Waals surface area (Å²) in [6.07, 6.45) is 5.73. The maximum atomic E-state index is 13.0. The summed E-state index contributed by atoms with van der Waals surface area (Å²) in [4.78, 5) is 14.9. The summed E-state index contributed by atoms with van der Waals surface area (Å²) >= 11 is 6.01. The molecule has 2 saturated heterocycles. The molecule has 4 rings (SSSR count). The number of hydrogen-bond donors (Lipinski definition) is 3. The number of likely N-dealkylation sites (tertiary alicyclic amines) is 1. The second-order valence-electron chi connectivity index (χ2n) is 7.46. The van der Waals surface area contributed by atoms with Gasteiger partial charge in [-0.1, -0.05) is 43.0 Å². The van der Waals surface area contributed by atoms with E-state index < -0.39 is 5.72 Å². The second kappa shape index (κ2) is 5.99. The number of rotatable bonds is 2. The van der Waals surface area contributed by atoms with E-state index in [4.69, 9.17) is 11.6 Å². The Morgan fingerprint density at radius 2 is 1.92 bits per heavy atom. The topological polar surface area (TPSA) is 57.0 Å². The van der Waals surface area contributed by atoms with E-state index in [1.165, 1.54) is 19.3 Å². The predicted octanol–water partition coefficient (Wildman–Crippen LogP) is 0.894. The average molecular weight is 351 g/mol. The number of quaternary nitrogens is 1. The Morgan fingerprint density at radius 1 is 1.25 bits per heavy atom. The van der Waals surface area contributed by atoms with Crippen LogP contribution in [0.25, 0.3) is 0 Å². The van der Waals surface area contributed by atoms with Crippen molar-refractivity contribution in [3.05, 3.63) is 34.9 Å². The van der Waals surface area contributed by atoms with Crippen LogP contribution in [0.15, 0.2) is 24.3 Å². The van der Waals surface area contributed by atoms with Crippen molar-refractivity contribution in [1.29, 1.82) is 0 Å². The van der Waals surface area contributed by atoms with E-state index in [2.05, 4.69) is 5.43 Å². The Kier molecular flexibility index (Phi) is 4.07. The Hall–Kier alpha value is -1.14. The molecule has 1 aromatic rings. The van der Waals surface area contributed by atoms with Crippen molar-refractivity contribution >= 4 is 17.5 Å². The van der Waals surface area contributed by atoms with Crippen LogP contribution in [0.1, 0.15) is 43.7 Å².